The zero-order valence-electron chi connectivity index (χ0n) is 18.8. The quantitative estimate of drug-likeness (QED) is 0.443. The number of hydrogen-bond acceptors (Lipinski definition) is 5. The molecule has 1 aliphatic rings. The molecule has 0 radical (unpaired) electrons. The number of carbonyl (C=O) groups excluding carboxylic acids is 1. The van der Waals surface area contributed by atoms with Crippen LogP contribution in [0.5, 0.6) is 5.75 Å². The second-order valence-corrected chi connectivity index (χ2v) is 9.48. The normalized spacial score (nSPS) is 15.3. The van der Waals surface area contributed by atoms with Gasteiger partial charge in [0.15, 0.2) is 11.0 Å². The Kier molecular flexibility index (Phi) is 7.16. The number of aromatic nitrogens is 3. The highest BCUT2D eigenvalue weighted by atomic mass is 32.2. The summed E-state index contributed by atoms with van der Waals surface area (Å²) in [6.45, 7) is 1.76. The minimum absolute atomic E-state index is 0.124. The van der Waals surface area contributed by atoms with Crippen LogP contribution in [0, 0.1) is 0 Å². The number of thioether (sulfide) groups is 1. The largest absolute Gasteiger partial charge is 0.497 e. The van der Waals surface area contributed by atoms with Crippen molar-refractivity contribution in [2.75, 3.05) is 7.11 Å². The van der Waals surface area contributed by atoms with Crippen molar-refractivity contribution in [2.45, 2.75) is 55.2 Å². The molecule has 1 amide bonds. The third-order valence-corrected chi connectivity index (χ3v) is 6.81. The molecule has 1 heterocycles. The Labute approximate surface area is 199 Å². The van der Waals surface area contributed by atoms with Gasteiger partial charge in [-0.05, 0) is 62.2 Å². The Morgan fingerprint density at radius 3 is 2.50 bits per heavy atom. The Bertz CT molecular complexity index is 1140. The van der Waals surface area contributed by atoms with E-state index in [-0.39, 0.29) is 17.6 Å². The number of methoxy groups -OCH3 is 1. The number of amides is 1. The Balaban J connectivity index is 1.70. The van der Waals surface area contributed by atoms with Crippen LogP contribution in [0.4, 0.5) is 13.2 Å². The summed E-state index contributed by atoms with van der Waals surface area (Å²) in [5.41, 5.74) is 0.138. The van der Waals surface area contributed by atoms with Crippen LogP contribution in [0.1, 0.15) is 38.2 Å². The lowest BCUT2D eigenvalue weighted by Gasteiger charge is -2.17. The molecule has 0 bridgehead atoms. The lowest BCUT2D eigenvalue weighted by Crippen LogP contribution is -2.37. The second-order valence-electron chi connectivity index (χ2n) is 8.17. The molecule has 180 valence electrons. The Hall–Kier alpha value is -3.01. The van der Waals surface area contributed by atoms with Crippen LogP contribution in [0.3, 0.4) is 0 Å². The first-order valence-corrected chi connectivity index (χ1v) is 11.9. The maximum atomic E-state index is 13.4. The molecule has 1 aliphatic carbocycles. The molecule has 0 saturated heterocycles. The van der Waals surface area contributed by atoms with Crippen LogP contribution < -0.4 is 10.1 Å². The maximum absolute atomic E-state index is 13.4. The van der Waals surface area contributed by atoms with Gasteiger partial charge in [0.25, 0.3) is 0 Å². The van der Waals surface area contributed by atoms with Gasteiger partial charge in [-0.2, -0.15) is 13.2 Å². The molecule has 3 aromatic rings. The number of carbonyl (C=O) groups is 1. The van der Waals surface area contributed by atoms with Gasteiger partial charge in [-0.1, -0.05) is 30.7 Å². The first-order chi connectivity index (χ1) is 16.3. The van der Waals surface area contributed by atoms with Crippen molar-refractivity contribution in [2.24, 2.45) is 0 Å². The SMILES string of the molecule is COc1ccc(-c2nnc(SC(C)C(=O)NC3CCCC3)n2-c2cccc(C(F)(F)F)c2)cc1. The van der Waals surface area contributed by atoms with E-state index in [1.165, 1.54) is 6.07 Å². The van der Waals surface area contributed by atoms with E-state index in [1.807, 2.05) is 0 Å². The highest BCUT2D eigenvalue weighted by molar-refractivity contribution is 8.00. The minimum Gasteiger partial charge on any atom is -0.497 e. The van der Waals surface area contributed by atoms with Gasteiger partial charge in [0, 0.05) is 11.6 Å². The van der Waals surface area contributed by atoms with Crippen molar-refractivity contribution in [3.63, 3.8) is 0 Å². The van der Waals surface area contributed by atoms with Gasteiger partial charge in [0.2, 0.25) is 5.91 Å². The molecule has 4 rings (SSSR count). The molecule has 1 aromatic heterocycles. The molecule has 0 spiro atoms. The van der Waals surface area contributed by atoms with Crippen molar-refractivity contribution < 1.29 is 22.7 Å². The summed E-state index contributed by atoms with van der Waals surface area (Å²) in [6.07, 6.45) is -0.370. The molecule has 1 unspecified atom stereocenters. The number of benzene rings is 2. The molecule has 0 aliphatic heterocycles. The molecule has 6 nitrogen and oxygen atoms in total. The van der Waals surface area contributed by atoms with Crippen LogP contribution in [-0.4, -0.2) is 39.1 Å². The van der Waals surface area contributed by atoms with Crippen LogP contribution >= 0.6 is 11.8 Å². The topological polar surface area (TPSA) is 69.0 Å². The zero-order valence-corrected chi connectivity index (χ0v) is 19.6. The molecule has 10 heteroatoms. The number of alkyl halides is 3. The molecule has 1 N–H and O–H groups in total. The third kappa shape index (κ3) is 5.38. The number of rotatable bonds is 7. The number of nitrogens with one attached hydrogen (secondary N) is 1. The summed E-state index contributed by atoms with van der Waals surface area (Å²) < 4.78 is 47.0. The summed E-state index contributed by atoms with van der Waals surface area (Å²) in [6, 6.07) is 12.2. The van der Waals surface area contributed by atoms with Crippen molar-refractivity contribution in [1.82, 2.24) is 20.1 Å². The fourth-order valence-electron chi connectivity index (χ4n) is 3.93. The van der Waals surface area contributed by atoms with Gasteiger partial charge in [-0.15, -0.1) is 10.2 Å². The summed E-state index contributed by atoms with van der Waals surface area (Å²) in [5, 5.41) is 11.4. The van der Waals surface area contributed by atoms with E-state index in [0.717, 1.165) is 49.6 Å². The number of ether oxygens (including phenoxy) is 1. The molecule has 34 heavy (non-hydrogen) atoms. The van der Waals surface area contributed by atoms with Crippen LogP contribution in [0.15, 0.2) is 53.7 Å². The molecule has 1 atom stereocenters. The van der Waals surface area contributed by atoms with Gasteiger partial charge in [0.1, 0.15) is 5.75 Å². The predicted octanol–water partition coefficient (Wildman–Crippen LogP) is 5.50. The first-order valence-electron chi connectivity index (χ1n) is 11.0. The van der Waals surface area contributed by atoms with E-state index in [0.29, 0.717) is 22.3 Å². The zero-order chi connectivity index (χ0) is 24.3. The Morgan fingerprint density at radius 1 is 1.15 bits per heavy atom. The van der Waals surface area contributed by atoms with Gasteiger partial charge >= 0.3 is 6.18 Å². The van der Waals surface area contributed by atoms with Crippen LogP contribution in [-0.2, 0) is 11.0 Å². The molecule has 1 fully saturated rings. The summed E-state index contributed by atoms with van der Waals surface area (Å²) >= 11 is 1.16. The summed E-state index contributed by atoms with van der Waals surface area (Å²) in [7, 11) is 1.55. The van der Waals surface area contributed by atoms with E-state index in [9.17, 15) is 18.0 Å². The fourth-order valence-corrected chi connectivity index (χ4v) is 4.80. The third-order valence-electron chi connectivity index (χ3n) is 5.77. The summed E-state index contributed by atoms with van der Waals surface area (Å²) in [4.78, 5) is 12.7. The lowest BCUT2D eigenvalue weighted by molar-refractivity contribution is -0.137. The number of nitrogens with zero attached hydrogens (tertiary/aromatic N) is 3. The lowest BCUT2D eigenvalue weighted by atomic mass is 10.1. The van der Waals surface area contributed by atoms with Crippen molar-refractivity contribution in [3.8, 4) is 22.8 Å². The maximum Gasteiger partial charge on any atom is 0.416 e. The average molecular weight is 491 g/mol. The highest BCUT2D eigenvalue weighted by Crippen LogP contribution is 2.34. The van der Waals surface area contributed by atoms with Crippen molar-refractivity contribution >= 4 is 17.7 Å². The number of halogens is 3. The second kappa shape index (κ2) is 10.1. The van der Waals surface area contributed by atoms with Crippen LogP contribution in [0.2, 0.25) is 0 Å². The van der Waals surface area contributed by atoms with Gasteiger partial charge in [0.05, 0.1) is 23.6 Å². The first kappa shape index (κ1) is 24.1. The summed E-state index contributed by atoms with van der Waals surface area (Å²) in [5.74, 6) is 0.884. The highest BCUT2D eigenvalue weighted by Gasteiger charge is 2.31. The van der Waals surface area contributed by atoms with E-state index in [4.69, 9.17) is 4.74 Å². The molecular formula is C24H25F3N4O2S. The van der Waals surface area contributed by atoms with E-state index in [2.05, 4.69) is 15.5 Å². The van der Waals surface area contributed by atoms with E-state index < -0.39 is 17.0 Å². The molecular weight excluding hydrogens is 465 g/mol. The van der Waals surface area contributed by atoms with Crippen LogP contribution in [0.25, 0.3) is 17.1 Å². The van der Waals surface area contributed by atoms with Gasteiger partial charge < -0.3 is 10.1 Å². The van der Waals surface area contributed by atoms with Crippen molar-refractivity contribution in [3.05, 3.63) is 54.1 Å². The smallest absolute Gasteiger partial charge is 0.416 e. The molecule has 1 saturated carbocycles. The minimum atomic E-state index is -4.49. The van der Waals surface area contributed by atoms with Crippen molar-refractivity contribution in [1.29, 1.82) is 0 Å². The standard InChI is InChI=1S/C24H25F3N4O2S/c1-15(22(32)28-18-7-3-4-8-18)34-23-30-29-21(16-10-12-20(33-2)13-11-16)31(23)19-9-5-6-17(14-19)24(25,26)27/h5-6,9-15,18H,3-4,7-8H2,1-2H3,(H,28,32). The fraction of sp³-hybridized carbons (Fsp3) is 0.375. The average Bonchev–Trinajstić information content (AvgIpc) is 3.48. The van der Waals surface area contributed by atoms with Gasteiger partial charge in [-0.25, -0.2) is 0 Å². The number of hydrogen-bond donors (Lipinski definition) is 1. The van der Waals surface area contributed by atoms with E-state index >= 15 is 0 Å². The van der Waals surface area contributed by atoms with Gasteiger partial charge in [-0.3, -0.25) is 9.36 Å². The van der Waals surface area contributed by atoms with E-state index in [1.54, 1.807) is 48.9 Å². The monoisotopic (exact) mass is 490 g/mol. The Morgan fingerprint density at radius 2 is 1.85 bits per heavy atom. The molecule has 2 aromatic carbocycles. The predicted molar refractivity (Wildman–Crippen MR) is 124 cm³/mol.